The molecule has 3 aliphatic rings. The standard InChI is InChI=1S/C46H76F2N2O12/c1-15-30-20-35(51)26(4)39(61-36-22-44(8,56-13)41(54)29(7)60-36)28(6)42(62-43-38(52)34(50(11)12)19-25(3)59-43)45(9,57-14)21-24(2)37(27(5)40(53)46(30,10)55)49-58-23-31-32(47)17-16-18-33(31)48/h16-18,24-30,34,36,38-43,52-55H,15,19-23H2,1-14H3/b49-37+/t24-,25-,26+,27+,28+,29+,30+,34+,36+,38-,39-,40-,41+,42-,43+,44-,45-,46-/m1/s1. The van der Waals surface area contributed by atoms with Gasteiger partial charge in [-0.15, -0.1) is 0 Å². The molecule has 2 aliphatic heterocycles. The molecular weight excluding hydrogens is 811 g/mol. The summed E-state index contributed by atoms with van der Waals surface area (Å²) in [5, 5.41) is 51.5. The number of aliphatic hydroxyl groups excluding tert-OH is 3. The molecule has 14 nitrogen and oxygen atoms in total. The minimum Gasteiger partial charge on any atom is -0.391 e. The molecule has 0 unspecified atom stereocenters. The highest BCUT2D eigenvalue weighted by Crippen LogP contribution is 2.43. The lowest BCUT2D eigenvalue weighted by molar-refractivity contribution is -0.318. The Bertz CT molecular complexity index is 1630. The molecule has 1 aromatic rings. The summed E-state index contributed by atoms with van der Waals surface area (Å²) in [4.78, 5) is 22.3. The van der Waals surface area contributed by atoms with Crippen molar-refractivity contribution in [2.75, 3.05) is 28.3 Å². The number of hydrogen-bond acceptors (Lipinski definition) is 14. The maximum Gasteiger partial charge on any atom is 0.185 e. The van der Waals surface area contributed by atoms with Crippen molar-refractivity contribution in [2.24, 2.45) is 34.7 Å². The van der Waals surface area contributed by atoms with Gasteiger partial charge in [-0.05, 0) is 79.6 Å². The minimum absolute atomic E-state index is 0.126. The zero-order valence-corrected chi connectivity index (χ0v) is 39.3. The van der Waals surface area contributed by atoms with E-state index in [0.29, 0.717) is 12.8 Å². The van der Waals surface area contributed by atoms with Crippen molar-refractivity contribution in [3.05, 3.63) is 35.4 Å². The van der Waals surface area contributed by atoms with E-state index in [1.165, 1.54) is 27.2 Å². The molecule has 3 fully saturated rings. The third kappa shape index (κ3) is 11.4. The van der Waals surface area contributed by atoms with Crippen molar-refractivity contribution in [2.45, 2.75) is 186 Å². The van der Waals surface area contributed by atoms with Crippen LogP contribution in [0.1, 0.15) is 107 Å². The summed E-state index contributed by atoms with van der Waals surface area (Å²) < 4.78 is 68.1. The Balaban J connectivity index is 1.91. The van der Waals surface area contributed by atoms with Gasteiger partial charge in [-0.2, -0.15) is 0 Å². The van der Waals surface area contributed by atoms with E-state index in [1.807, 2.05) is 53.6 Å². The van der Waals surface area contributed by atoms with Gasteiger partial charge in [0.25, 0.3) is 0 Å². The van der Waals surface area contributed by atoms with Crippen LogP contribution < -0.4 is 0 Å². The number of benzene rings is 1. The largest absolute Gasteiger partial charge is 0.391 e. The lowest BCUT2D eigenvalue weighted by atomic mass is 9.69. The van der Waals surface area contributed by atoms with E-state index < -0.39 is 114 Å². The SMILES string of the molecule is CC[C@H]1CC(=O)[C@H](C)[C@@H](O[C@H]2C[C@@](C)(OC)[C@@H](O)[C@H](C)O2)[C@H](C)[C@@H](O[C@@H]2O[C@H](C)C[C@H](N(C)C)[C@H]2O)[C@](C)(OC)C[C@@H](C)/C(=N\OCc2c(F)cccc2F)[C@H](C)[C@@H](O)[C@]1(C)O. The first-order valence-corrected chi connectivity index (χ1v) is 22.2. The molecule has 2 saturated heterocycles. The van der Waals surface area contributed by atoms with E-state index in [0.717, 1.165) is 12.1 Å². The number of rotatable bonds is 11. The average Bonchev–Trinajstić information content (AvgIpc) is 3.21. The fourth-order valence-electron chi connectivity index (χ4n) is 10.0. The second-order valence-corrected chi connectivity index (χ2v) is 19.2. The molecule has 356 valence electrons. The van der Waals surface area contributed by atoms with Crippen LogP contribution in [-0.4, -0.2) is 143 Å². The number of hydrogen-bond donors (Lipinski definition) is 4. The maximum absolute atomic E-state index is 14.7. The van der Waals surface area contributed by atoms with Crippen molar-refractivity contribution in [3.8, 4) is 0 Å². The molecule has 1 aromatic carbocycles. The number of carbonyl (C=O) groups excluding carboxylic acids is 1. The topological polar surface area (TPSA) is 178 Å². The fraction of sp³-hybridized carbons (Fsp3) is 0.826. The van der Waals surface area contributed by atoms with Gasteiger partial charge in [0.2, 0.25) is 0 Å². The predicted molar refractivity (Wildman–Crippen MR) is 228 cm³/mol. The first kappa shape index (κ1) is 52.4. The normalized spacial score (nSPS) is 43.7. The highest BCUT2D eigenvalue weighted by Gasteiger charge is 2.53. The van der Waals surface area contributed by atoms with Gasteiger partial charge in [-0.1, -0.05) is 52.3 Å². The second-order valence-electron chi connectivity index (χ2n) is 19.2. The summed E-state index contributed by atoms with van der Waals surface area (Å²) in [6.45, 7) is 17.2. The van der Waals surface area contributed by atoms with Gasteiger partial charge >= 0.3 is 0 Å². The van der Waals surface area contributed by atoms with Gasteiger partial charge < -0.3 is 58.6 Å². The summed E-state index contributed by atoms with van der Waals surface area (Å²) >= 11 is 0. The lowest BCUT2D eigenvalue weighted by Crippen LogP contribution is -2.61. The van der Waals surface area contributed by atoms with Gasteiger partial charge in [0, 0.05) is 56.8 Å². The zero-order valence-electron chi connectivity index (χ0n) is 39.3. The molecule has 0 amide bonds. The number of likely N-dealkylation sites (N-methyl/N-ethyl adjacent to an activating group) is 1. The molecule has 1 saturated carbocycles. The van der Waals surface area contributed by atoms with Crippen LogP contribution in [-0.2, 0) is 44.7 Å². The first-order valence-electron chi connectivity index (χ1n) is 22.2. The minimum atomic E-state index is -1.82. The molecule has 0 radical (unpaired) electrons. The number of Topliss-reactive ketones (excluding diaryl/α,β-unsaturated/α-hetero) is 1. The number of carbonyl (C=O) groups is 1. The van der Waals surface area contributed by atoms with E-state index in [9.17, 15) is 34.0 Å². The quantitative estimate of drug-likeness (QED) is 0.209. The van der Waals surface area contributed by atoms with Crippen LogP contribution in [0.3, 0.4) is 0 Å². The second kappa shape index (κ2) is 21.4. The van der Waals surface area contributed by atoms with Crippen LogP contribution >= 0.6 is 0 Å². The Kier molecular flexibility index (Phi) is 18.1. The third-order valence-corrected chi connectivity index (χ3v) is 14.4. The monoisotopic (exact) mass is 887 g/mol. The Morgan fingerprint density at radius 1 is 0.887 bits per heavy atom. The molecule has 62 heavy (non-hydrogen) atoms. The van der Waals surface area contributed by atoms with Crippen molar-refractivity contribution < 1.29 is 67.3 Å². The molecule has 0 aromatic heterocycles. The van der Waals surface area contributed by atoms with E-state index >= 15 is 0 Å². The van der Waals surface area contributed by atoms with Crippen LogP contribution in [0, 0.1) is 41.2 Å². The van der Waals surface area contributed by atoms with Crippen LogP contribution in [0.15, 0.2) is 23.4 Å². The number of halogens is 2. The molecule has 0 bridgehead atoms. The van der Waals surface area contributed by atoms with E-state index in [-0.39, 0.29) is 48.5 Å². The smallest absolute Gasteiger partial charge is 0.185 e. The Morgan fingerprint density at radius 3 is 2.06 bits per heavy atom. The fourth-order valence-corrected chi connectivity index (χ4v) is 10.0. The molecule has 4 N–H and O–H groups in total. The van der Waals surface area contributed by atoms with Crippen molar-refractivity contribution in [3.63, 3.8) is 0 Å². The third-order valence-electron chi connectivity index (χ3n) is 14.4. The highest BCUT2D eigenvalue weighted by atomic mass is 19.1. The summed E-state index contributed by atoms with van der Waals surface area (Å²) in [5.41, 5.74) is -4.22. The van der Waals surface area contributed by atoms with Crippen LogP contribution in [0.4, 0.5) is 8.78 Å². The molecule has 18 atom stereocenters. The summed E-state index contributed by atoms with van der Waals surface area (Å²) in [5.74, 6) is -5.66. The Labute approximate surface area is 367 Å². The van der Waals surface area contributed by atoms with Crippen molar-refractivity contribution in [1.29, 1.82) is 0 Å². The van der Waals surface area contributed by atoms with Crippen LogP contribution in [0.5, 0.6) is 0 Å². The molecule has 2 heterocycles. The summed E-state index contributed by atoms with van der Waals surface area (Å²) in [6.07, 6.45) is -7.54. The number of ketones is 1. The zero-order chi connectivity index (χ0) is 46.6. The van der Waals surface area contributed by atoms with Gasteiger partial charge in [0.15, 0.2) is 12.6 Å². The van der Waals surface area contributed by atoms with Gasteiger partial charge in [0.1, 0.15) is 36.2 Å². The molecule has 16 heteroatoms. The number of ether oxygens (including phenoxy) is 6. The lowest BCUT2D eigenvalue weighted by Gasteiger charge is -2.50. The number of methoxy groups -OCH3 is 2. The van der Waals surface area contributed by atoms with Crippen molar-refractivity contribution >= 4 is 11.5 Å². The van der Waals surface area contributed by atoms with E-state index in [4.69, 9.17) is 33.3 Å². The van der Waals surface area contributed by atoms with E-state index in [2.05, 4.69) is 5.16 Å². The number of nitrogens with zero attached hydrogens (tertiary/aromatic N) is 2. The van der Waals surface area contributed by atoms with Crippen molar-refractivity contribution in [1.82, 2.24) is 4.90 Å². The predicted octanol–water partition coefficient (Wildman–Crippen LogP) is 5.39. The van der Waals surface area contributed by atoms with Crippen LogP contribution in [0.2, 0.25) is 0 Å². The number of aliphatic hydroxyl groups is 4. The van der Waals surface area contributed by atoms with Crippen LogP contribution in [0.25, 0.3) is 0 Å². The average molecular weight is 887 g/mol. The Morgan fingerprint density at radius 2 is 1.50 bits per heavy atom. The molecule has 1 aliphatic carbocycles. The van der Waals surface area contributed by atoms with Gasteiger partial charge in [-0.25, -0.2) is 8.78 Å². The molecule has 4 rings (SSSR count). The highest BCUT2D eigenvalue weighted by molar-refractivity contribution is 5.89. The van der Waals surface area contributed by atoms with E-state index in [1.54, 1.807) is 27.7 Å². The first-order chi connectivity index (χ1) is 28.9. The van der Waals surface area contributed by atoms with Gasteiger partial charge in [0.05, 0.1) is 58.6 Å². The number of oxime groups is 1. The summed E-state index contributed by atoms with van der Waals surface area (Å²) in [7, 11) is 6.78. The molecular formula is C46H76F2N2O12. The Hall–Kier alpha value is -2.22. The summed E-state index contributed by atoms with van der Waals surface area (Å²) in [6, 6.07) is 3.17. The maximum atomic E-state index is 14.7. The molecule has 0 spiro atoms. The van der Waals surface area contributed by atoms with Gasteiger partial charge in [-0.3, -0.25) is 4.79 Å².